The molecule has 0 saturated heterocycles. The van der Waals surface area contributed by atoms with Crippen molar-refractivity contribution in [3.05, 3.63) is 90.1 Å². The van der Waals surface area contributed by atoms with Crippen molar-refractivity contribution in [1.82, 2.24) is 20.1 Å². The van der Waals surface area contributed by atoms with Gasteiger partial charge in [-0.3, -0.25) is 14.5 Å². The van der Waals surface area contributed by atoms with E-state index in [1.165, 1.54) is 18.2 Å². The average molecular weight is 459 g/mol. The number of benzene rings is 2. The van der Waals surface area contributed by atoms with Crippen LogP contribution in [0.15, 0.2) is 73.1 Å². The van der Waals surface area contributed by atoms with Crippen molar-refractivity contribution in [2.24, 2.45) is 0 Å². The normalized spacial score (nSPS) is 10.9. The van der Waals surface area contributed by atoms with Crippen molar-refractivity contribution in [3.8, 4) is 28.1 Å². The summed E-state index contributed by atoms with van der Waals surface area (Å²) in [6.07, 6.45) is 6.14. The Balaban J connectivity index is 1.46. The molecule has 0 aliphatic rings. The second-order valence-corrected chi connectivity index (χ2v) is 8.07. The number of pyridine rings is 1. The first kappa shape index (κ1) is 23.2. The highest BCUT2D eigenvalue weighted by Gasteiger charge is 2.14. The van der Waals surface area contributed by atoms with Gasteiger partial charge in [0, 0.05) is 42.3 Å². The quantitative estimate of drug-likeness (QED) is 0.337. The van der Waals surface area contributed by atoms with Crippen LogP contribution in [0.3, 0.4) is 0 Å². The van der Waals surface area contributed by atoms with Gasteiger partial charge in [-0.15, -0.1) is 0 Å². The van der Waals surface area contributed by atoms with Crippen molar-refractivity contribution < 1.29 is 14.3 Å². The molecule has 4 aromatic rings. The van der Waals surface area contributed by atoms with Crippen molar-refractivity contribution >= 4 is 5.91 Å². The fourth-order valence-corrected chi connectivity index (χ4v) is 3.81. The lowest BCUT2D eigenvalue weighted by atomic mass is 10.0. The maximum absolute atomic E-state index is 13.4. The average Bonchev–Trinajstić information content (AvgIpc) is 3.27. The van der Waals surface area contributed by atoms with Gasteiger partial charge in [-0.25, -0.2) is 4.39 Å². The fourth-order valence-electron chi connectivity index (χ4n) is 3.81. The van der Waals surface area contributed by atoms with Crippen molar-refractivity contribution in [3.63, 3.8) is 0 Å². The number of phenolic OH excluding ortho intramolecular Hbond substituents is 1. The third-order valence-electron chi connectivity index (χ3n) is 5.50. The Labute approximate surface area is 198 Å². The predicted molar refractivity (Wildman–Crippen MR) is 130 cm³/mol. The molecular weight excluding hydrogens is 431 g/mol. The van der Waals surface area contributed by atoms with E-state index in [1.54, 1.807) is 36.5 Å². The van der Waals surface area contributed by atoms with Gasteiger partial charge in [-0.05, 0) is 73.4 Å². The molecule has 2 heterocycles. The van der Waals surface area contributed by atoms with Crippen LogP contribution < -0.4 is 5.32 Å². The number of aromatic hydroxyl groups is 1. The highest BCUT2D eigenvalue weighted by molar-refractivity contribution is 5.96. The Morgan fingerprint density at radius 3 is 2.65 bits per heavy atom. The topological polar surface area (TPSA) is 80.0 Å². The van der Waals surface area contributed by atoms with Gasteiger partial charge < -0.3 is 10.4 Å². The van der Waals surface area contributed by atoms with Crippen LogP contribution in [0.1, 0.15) is 35.8 Å². The Hall–Kier alpha value is -4.00. The zero-order chi connectivity index (χ0) is 23.9. The van der Waals surface area contributed by atoms with Gasteiger partial charge in [0.2, 0.25) is 0 Å². The van der Waals surface area contributed by atoms with Gasteiger partial charge in [0.15, 0.2) is 0 Å². The number of nitrogens with zero attached hydrogens (tertiary/aromatic N) is 3. The largest absolute Gasteiger partial charge is 0.507 e. The first-order valence-corrected chi connectivity index (χ1v) is 11.4. The molecule has 0 saturated carbocycles. The van der Waals surface area contributed by atoms with Crippen LogP contribution in [0.2, 0.25) is 0 Å². The van der Waals surface area contributed by atoms with Gasteiger partial charge >= 0.3 is 0 Å². The van der Waals surface area contributed by atoms with E-state index >= 15 is 0 Å². The summed E-state index contributed by atoms with van der Waals surface area (Å²) in [5.41, 5.74) is 4.79. The van der Waals surface area contributed by atoms with Crippen LogP contribution in [0.25, 0.3) is 22.4 Å². The van der Waals surface area contributed by atoms with Crippen molar-refractivity contribution in [2.75, 3.05) is 6.54 Å². The summed E-state index contributed by atoms with van der Waals surface area (Å²) >= 11 is 0. The van der Waals surface area contributed by atoms with E-state index in [0.29, 0.717) is 19.4 Å². The number of carbonyl (C=O) groups is 1. The van der Waals surface area contributed by atoms with Gasteiger partial charge in [-0.2, -0.15) is 5.10 Å². The molecule has 0 unspecified atom stereocenters. The molecule has 6 nitrogen and oxygen atoms in total. The standard InChI is InChI=1S/C27H27FN4O2/c1-2-16-32-18-24(26(31-32)19-9-11-21(28)12-10-19)20-13-15-29-22(17-20)6-5-14-30-27(34)23-7-3-4-8-25(23)33/h3-4,7-13,15,17-18,33H,2,5-6,14,16H2,1H3,(H,30,34). The summed E-state index contributed by atoms with van der Waals surface area (Å²) in [7, 11) is 0. The maximum atomic E-state index is 13.4. The monoisotopic (exact) mass is 458 g/mol. The number of halogens is 1. The molecule has 0 fully saturated rings. The molecule has 7 heteroatoms. The van der Waals surface area contributed by atoms with E-state index < -0.39 is 0 Å². The molecule has 2 N–H and O–H groups in total. The minimum atomic E-state index is -0.299. The van der Waals surface area contributed by atoms with E-state index in [-0.39, 0.29) is 23.0 Å². The molecule has 1 amide bonds. The molecule has 2 aromatic heterocycles. The van der Waals surface area contributed by atoms with Gasteiger partial charge in [0.25, 0.3) is 5.91 Å². The van der Waals surface area contributed by atoms with Crippen molar-refractivity contribution in [2.45, 2.75) is 32.7 Å². The first-order chi connectivity index (χ1) is 16.5. The molecule has 0 radical (unpaired) electrons. The Kier molecular flexibility index (Phi) is 7.32. The van der Waals surface area contributed by atoms with Crippen molar-refractivity contribution in [1.29, 1.82) is 0 Å². The lowest BCUT2D eigenvalue weighted by Gasteiger charge is -2.08. The van der Waals surface area contributed by atoms with Crippen LogP contribution in [-0.4, -0.2) is 32.3 Å². The van der Waals surface area contributed by atoms with E-state index in [1.807, 2.05) is 23.0 Å². The molecular formula is C27H27FN4O2. The lowest BCUT2D eigenvalue weighted by molar-refractivity contribution is 0.0950. The van der Waals surface area contributed by atoms with Gasteiger partial charge in [-0.1, -0.05) is 19.1 Å². The molecule has 0 aliphatic carbocycles. The van der Waals surface area contributed by atoms with Gasteiger partial charge in [0.1, 0.15) is 17.3 Å². The number of aryl methyl sites for hydroxylation is 2. The number of hydrogen-bond acceptors (Lipinski definition) is 4. The lowest BCUT2D eigenvalue weighted by Crippen LogP contribution is -2.24. The number of aromatic nitrogens is 3. The summed E-state index contributed by atoms with van der Waals surface area (Å²) in [6, 6.07) is 16.8. The summed E-state index contributed by atoms with van der Waals surface area (Å²) in [5, 5.41) is 17.4. The summed E-state index contributed by atoms with van der Waals surface area (Å²) in [6.45, 7) is 3.36. The van der Waals surface area contributed by atoms with Crippen LogP contribution >= 0.6 is 0 Å². The molecule has 0 aliphatic heterocycles. The molecule has 0 bridgehead atoms. The first-order valence-electron chi connectivity index (χ1n) is 11.4. The SMILES string of the molecule is CCCn1cc(-c2ccnc(CCCNC(=O)c3ccccc3O)c2)c(-c2ccc(F)cc2)n1. The number of rotatable bonds is 9. The molecule has 0 atom stereocenters. The highest BCUT2D eigenvalue weighted by atomic mass is 19.1. The maximum Gasteiger partial charge on any atom is 0.255 e. The zero-order valence-electron chi connectivity index (χ0n) is 19.0. The fraction of sp³-hybridized carbons (Fsp3) is 0.222. The van der Waals surface area contributed by atoms with E-state index in [9.17, 15) is 14.3 Å². The third-order valence-corrected chi connectivity index (χ3v) is 5.50. The van der Waals surface area contributed by atoms with Crippen LogP contribution in [-0.2, 0) is 13.0 Å². The second-order valence-electron chi connectivity index (χ2n) is 8.07. The molecule has 4 rings (SSSR count). The van der Waals surface area contributed by atoms with E-state index in [0.717, 1.165) is 41.0 Å². The zero-order valence-corrected chi connectivity index (χ0v) is 19.0. The number of nitrogens with one attached hydrogen (secondary N) is 1. The number of para-hydroxylation sites is 1. The number of amides is 1. The van der Waals surface area contributed by atoms with E-state index in [4.69, 9.17) is 5.10 Å². The van der Waals surface area contributed by atoms with Crippen LogP contribution in [0.5, 0.6) is 5.75 Å². The number of hydrogen-bond donors (Lipinski definition) is 2. The minimum Gasteiger partial charge on any atom is -0.507 e. The molecule has 2 aromatic carbocycles. The second kappa shape index (κ2) is 10.7. The number of phenols is 1. The summed E-state index contributed by atoms with van der Waals surface area (Å²) in [5.74, 6) is -0.610. The summed E-state index contributed by atoms with van der Waals surface area (Å²) in [4.78, 5) is 16.7. The minimum absolute atomic E-state index is 0.0325. The molecule has 34 heavy (non-hydrogen) atoms. The van der Waals surface area contributed by atoms with Crippen LogP contribution in [0, 0.1) is 5.82 Å². The molecule has 174 valence electrons. The summed E-state index contributed by atoms with van der Waals surface area (Å²) < 4.78 is 15.4. The Morgan fingerprint density at radius 2 is 1.88 bits per heavy atom. The molecule has 0 spiro atoms. The number of carbonyl (C=O) groups excluding carboxylic acids is 1. The third kappa shape index (κ3) is 5.49. The Morgan fingerprint density at radius 1 is 1.09 bits per heavy atom. The predicted octanol–water partition coefficient (Wildman–Crippen LogP) is 5.23. The van der Waals surface area contributed by atoms with Crippen LogP contribution in [0.4, 0.5) is 4.39 Å². The van der Waals surface area contributed by atoms with E-state index in [2.05, 4.69) is 17.2 Å². The Bertz CT molecular complexity index is 1270. The smallest absolute Gasteiger partial charge is 0.255 e. The van der Waals surface area contributed by atoms with Gasteiger partial charge in [0.05, 0.1) is 5.56 Å². The highest BCUT2D eigenvalue weighted by Crippen LogP contribution is 2.31.